The van der Waals surface area contributed by atoms with E-state index in [1.165, 1.54) is 18.2 Å². The minimum atomic E-state index is -5.00. The van der Waals surface area contributed by atoms with Crippen molar-refractivity contribution in [1.29, 1.82) is 0 Å². The number of fused-ring (bicyclic) bond motifs is 2. The van der Waals surface area contributed by atoms with Crippen LogP contribution in [0.1, 0.15) is 31.8 Å². The van der Waals surface area contributed by atoms with Crippen LogP contribution < -0.4 is 29.6 Å². The van der Waals surface area contributed by atoms with E-state index in [0.29, 0.717) is 0 Å². The predicted octanol–water partition coefficient (Wildman–Crippen LogP) is -1.16. The third-order valence-corrected chi connectivity index (χ3v) is 4.83. The average Bonchev–Trinajstić information content (AvgIpc) is 2.45. The molecular formula is C14H6BrNaO6S. The summed E-state index contributed by atoms with van der Waals surface area (Å²) in [4.78, 5) is 24.0. The van der Waals surface area contributed by atoms with Crippen LogP contribution >= 0.6 is 15.9 Å². The molecular weight excluding hydrogens is 399 g/mol. The molecule has 1 aliphatic rings. The zero-order valence-corrected chi connectivity index (χ0v) is 16.1. The number of carbonyl (C=O) groups excluding carboxylic acids is 2. The van der Waals surface area contributed by atoms with E-state index in [9.17, 15) is 27.7 Å². The largest absolute Gasteiger partial charge is 1.00 e. The van der Waals surface area contributed by atoms with E-state index < -0.39 is 37.9 Å². The Hall–Kier alpha value is -1.03. The van der Waals surface area contributed by atoms with E-state index in [4.69, 9.17) is 0 Å². The summed E-state index contributed by atoms with van der Waals surface area (Å²) >= 11 is 2.99. The molecule has 3 rings (SSSR count). The van der Waals surface area contributed by atoms with Crippen molar-refractivity contribution in [3.63, 3.8) is 0 Å². The molecule has 0 aliphatic heterocycles. The number of hydrogen-bond donors (Lipinski definition) is 1. The molecule has 2 aromatic rings. The molecule has 0 fully saturated rings. The van der Waals surface area contributed by atoms with Gasteiger partial charge in [-0.3, -0.25) is 9.59 Å². The average molecular weight is 405 g/mol. The third kappa shape index (κ3) is 2.79. The van der Waals surface area contributed by atoms with Crippen molar-refractivity contribution in [2.75, 3.05) is 0 Å². The van der Waals surface area contributed by atoms with Gasteiger partial charge in [0, 0.05) is 15.6 Å². The van der Waals surface area contributed by atoms with Crippen LogP contribution in [0.25, 0.3) is 0 Å². The molecule has 1 aliphatic carbocycles. The Kier molecular flexibility index (Phi) is 4.87. The Morgan fingerprint density at radius 1 is 1.00 bits per heavy atom. The van der Waals surface area contributed by atoms with Gasteiger partial charge in [0.15, 0.2) is 11.6 Å². The first-order valence-electron chi connectivity index (χ1n) is 5.93. The molecule has 0 unspecified atom stereocenters. The summed E-state index contributed by atoms with van der Waals surface area (Å²) < 4.78 is 33.5. The van der Waals surface area contributed by atoms with Crippen molar-refractivity contribution in [3.8, 4) is 5.75 Å². The van der Waals surface area contributed by atoms with Crippen molar-refractivity contribution < 1.29 is 57.2 Å². The maximum absolute atomic E-state index is 12.5. The van der Waals surface area contributed by atoms with Gasteiger partial charge in [-0.25, -0.2) is 8.42 Å². The zero-order valence-electron chi connectivity index (χ0n) is 11.7. The Balaban J connectivity index is 0.00000192. The van der Waals surface area contributed by atoms with E-state index in [0.717, 1.165) is 6.07 Å². The van der Waals surface area contributed by atoms with Gasteiger partial charge < -0.3 is 9.66 Å². The van der Waals surface area contributed by atoms with Gasteiger partial charge >= 0.3 is 29.6 Å². The van der Waals surface area contributed by atoms with E-state index >= 15 is 0 Å². The Morgan fingerprint density at radius 2 is 1.48 bits per heavy atom. The first kappa shape index (κ1) is 18.3. The molecule has 6 nitrogen and oxygen atoms in total. The van der Waals surface area contributed by atoms with E-state index in [1.54, 1.807) is 6.07 Å². The molecule has 23 heavy (non-hydrogen) atoms. The second-order valence-electron chi connectivity index (χ2n) is 4.61. The first-order valence-corrected chi connectivity index (χ1v) is 8.13. The van der Waals surface area contributed by atoms with E-state index in [2.05, 4.69) is 15.9 Å². The van der Waals surface area contributed by atoms with Crippen LogP contribution in [0.5, 0.6) is 5.75 Å². The van der Waals surface area contributed by atoms with Gasteiger partial charge in [-0.05, 0) is 22.0 Å². The van der Waals surface area contributed by atoms with Crippen LogP contribution in [0, 0.1) is 0 Å². The van der Waals surface area contributed by atoms with Gasteiger partial charge in [-0.15, -0.1) is 0 Å². The van der Waals surface area contributed by atoms with Crippen LogP contribution in [0.2, 0.25) is 0 Å². The summed E-state index contributed by atoms with van der Waals surface area (Å²) in [6.07, 6.45) is 0. The topological polar surface area (TPSA) is 112 Å². The number of phenols is 1. The fraction of sp³-hybridized carbons (Fsp3) is 0. The monoisotopic (exact) mass is 404 g/mol. The number of ketones is 2. The van der Waals surface area contributed by atoms with Crippen molar-refractivity contribution in [2.45, 2.75) is 4.90 Å². The van der Waals surface area contributed by atoms with Crippen LogP contribution in [-0.2, 0) is 10.1 Å². The number of carbonyl (C=O) groups is 2. The Labute approximate surface area is 161 Å². The normalized spacial score (nSPS) is 13.1. The molecule has 0 heterocycles. The first-order chi connectivity index (χ1) is 10.2. The van der Waals surface area contributed by atoms with Crippen LogP contribution in [0.15, 0.2) is 39.7 Å². The van der Waals surface area contributed by atoms with Gasteiger partial charge in [-0.2, -0.15) is 0 Å². The Bertz CT molecular complexity index is 967. The smallest absolute Gasteiger partial charge is 0.744 e. The minimum Gasteiger partial charge on any atom is -0.744 e. The second kappa shape index (κ2) is 6.12. The summed E-state index contributed by atoms with van der Waals surface area (Å²) in [6, 6.07) is 6.80. The number of hydrogen-bond acceptors (Lipinski definition) is 6. The Morgan fingerprint density at radius 3 is 1.96 bits per heavy atom. The third-order valence-electron chi connectivity index (χ3n) is 3.36. The minimum absolute atomic E-state index is 0. The number of halogens is 1. The summed E-state index contributed by atoms with van der Waals surface area (Å²) in [7, 11) is -5.00. The number of phenolic OH excluding ortho intramolecular Hbond substituents is 1. The van der Waals surface area contributed by atoms with Crippen molar-refractivity contribution >= 4 is 37.6 Å². The SMILES string of the molecule is O=C1c2ccccc2C(=O)c2c(O)c(S(=O)(=O)[O-])cc(Br)c21.[Na+]. The van der Waals surface area contributed by atoms with Crippen molar-refractivity contribution in [3.05, 3.63) is 57.1 Å². The fourth-order valence-electron chi connectivity index (χ4n) is 2.40. The van der Waals surface area contributed by atoms with Crippen molar-refractivity contribution in [1.82, 2.24) is 0 Å². The molecule has 0 saturated carbocycles. The zero-order chi connectivity index (χ0) is 16.2. The molecule has 0 bridgehead atoms. The molecule has 0 atom stereocenters. The maximum Gasteiger partial charge on any atom is 1.00 e. The number of benzene rings is 2. The predicted molar refractivity (Wildman–Crippen MR) is 77.1 cm³/mol. The fourth-order valence-corrected chi connectivity index (χ4v) is 3.76. The number of rotatable bonds is 1. The van der Waals surface area contributed by atoms with Gasteiger partial charge in [0.1, 0.15) is 15.9 Å². The molecule has 9 heteroatoms. The van der Waals surface area contributed by atoms with Gasteiger partial charge in [0.05, 0.1) is 16.0 Å². The number of aromatic hydroxyl groups is 1. The van der Waals surface area contributed by atoms with Gasteiger partial charge in [-0.1, -0.05) is 24.3 Å². The standard InChI is InChI=1S/C14H7BrO6S.Na/c15-8-5-9(22(19,20)21)14(18)11-10(8)12(16)6-3-1-2-4-7(6)13(11)17;/h1-5,18H,(H,19,20,21);/q;+1/p-1. The molecule has 2 aromatic carbocycles. The van der Waals surface area contributed by atoms with Gasteiger partial charge in [0.2, 0.25) is 0 Å². The molecule has 0 saturated heterocycles. The summed E-state index contributed by atoms with van der Waals surface area (Å²) in [5, 5.41) is 10.0. The maximum atomic E-state index is 12.5. The van der Waals surface area contributed by atoms with Crippen LogP contribution in [-0.4, -0.2) is 29.6 Å². The van der Waals surface area contributed by atoms with Gasteiger partial charge in [0.25, 0.3) is 0 Å². The van der Waals surface area contributed by atoms with E-state index in [1.807, 2.05) is 0 Å². The molecule has 0 amide bonds. The molecule has 1 N–H and O–H groups in total. The molecule has 112 valence electrons. The molecule has 0 spiro atoms. The van der Waals surface area contributed by atoms with E-state index in [-0.39, 0.29) is 50.7 Å². The van der Waals surface area contributed by atoms with Crippen molar-refractivity contribution in [2.24, 2.45) is 0 Å². The van der Waals surface area contributed by atoms with Crippen LogP contribution in [0.4, 0.5) is 0 Å². The summed E-state index contributed by atoms with van der Waals surface area (Å²) in [5.74, 6) is -2.25. The quantitative estimate of drug-likeness (QED) is 0.404. The summed E-state index contributed by atoms with van der Waals surface area (Å²) in [6.45, 7) is 0. The molecule has 0 aromatic heterocycles. The molecule has 0 radical (unpaired) electrons. The summed E-state index contributed by atoms with van der Waals surface area (Å²) in [5.41, 5.74) is -0.443. The van der Waals surface area contributed by atoms with Crippen LogP contribution in [0.3, 0.4) is 0 Å². The second-order valence-corrected chi connectivity index (χ2v) is 6.82.